The van der Waals surface area contributed by atoms with Crippen LogP contribution in [0.4, 0.5) is 0 Å². The fourth-order valence-electron chi connectivity index (χ4n) is 3.93. The van der Waals surface area contributed by atoms with E-state index in [0.717, 1.165) is 11.7 Å². The normalized spacial score (nSPS) is 17.0. The van der Waals surface area contributed by atoms with Crippen molar-refractivity contribution >= 4 is 5.57 Å². The number of unbranched alkanes of at least 4 members (excludes halogenated alkanes) is 3. The van der Waals surface area contributed by atoms with Crippen molar-refractivity contribution in [3.63, 3.8) is 0 Å². The minimum Gasteiger partial charge on any atom is -0.497 e. The molecule has 1 aliphatic rings. The standard InChI is InChI=1S/C25H32O/c1-3-4-5-6-7-20-8-10-21(11-9-20)22-12-14-23(15-13-22)24-16-18-25(26-2)19-17-24/h10,12-20H,3-9,11H2,1-2H3. The lowest BCUT2D eigenvalue weighted by Crippen LogP contribution is -2.05. The molecule has 1 nitrogen and oxygen atoms in total. The molecule has 0 heterocycles. The van der Waals surface area contributed by atoms with Crippen molar-refractivity contribution in [2.24, 2.45) is 5.92 Å². The van der Waals surface area contributed by atoms with Crippen molar-refractivity contribution in [2.75, 3.05) is 7.11 Å². The van der Waals surface area contributed by atoms with Crippen LogP contribution in [0, 0.1) is 5.92 Å². The molecule has 26 heavy (non-hydrogen) atoms. The maximum atomic E-state index is 5.24. The van der Waals surface area contributed by atoms with E-state index in [1.165, 1.54) is 73.6 Å². The molecule has 0 aliphatic heterocycles. The van der Waals surface area contributed by atoms with Crippen LogP contribution in [0.15, 0.2) is 54.6 Å². The molecule has 0 N–H and O–H groups in total. The summed E-state index contributed by atoms with van der Waals surface area (Å²) in [5, 5.41) is 0. The van der Waals surface area contributed by atoms with E-state index in [9.17, 15) is 0 Å². The Kier molecular flexibility index (Phi) is 6.94. The third-order valence-corrected chi connectivity index (χ3v) is 5.66. The van der Waals surface area contributed by atoms with E-state index in [2.05, 4.69) is 49.4 Å². The molecule has 0 fully saturated rings. The Morgan fingerprint density at radius 3 is 2.08 bits per heavy atom. The number of hydrogen-bond donors (Lipinski definition) is 0. The smallest absolute Gasteiger partial charge is 0.118 e. The van der Waals surface area contributed by atoms with Crippen molar-refractivity contribution in [3.8, 4) is 16.9 Å². The summed E-state index contributed by atoms with van der Waals surface area (Å²) in [5.41, 5.74) is 5.44. The molecule has 2 aromatic rings. The summed E-state index contributed by atoms with van der Waals surface area (Å²) < 4.78 is 5.24. The van der Waals surface area contributed by atoms with Crippen LogP contribution in [-0.2, 0) is 0 Å². The van der Waals surface area contributed by atoms with E-state index in [1.807, 2.05) is 12.1 Å². The average molecular weight is 349 g/mol. The van der Waals surface area contributed by atoms with Gasteiger partial charge in [-0.3, -0.25) is 0 Å². The van der Waals surface area contributed by atoms with Crippen molar-refractivity contribution in [1.82, 2.24) is 0 Å². The molecule has 0 aromatic heterocycles. The summed E-state index contributed by atoms with van der Waals surface area (Å²) in [7, 11) is 1.71. The van der Waals surface area contributed by atoms with Crippen LogP contribution in [0.1, 0.15) is 63.9 Å². The summed E-state index contributed by atoms with van der Waals surface area (Å²) in [4.78, 5) is 0. The average Bonchev–Trinajstić information content (AvgIpc) is 2.72. The third-order valence-electron chi connectivity index (χ3n) is 5.66. The molecule has 1 atom stereocenters. The fourth-order valence-corrected chi connectivity index (χ4v) is 3.93. The van der Waals surface area contributed by atoms with Gasteiger partial charge in [0.1, 0.15) is 5.75 Å². The van der Waals surface area contributed by atoms with Gasteiger partial charge in [-0.25, -0.2) is 0 Å². The van der Waals surface area contributed by atoms with E-state index in [1.54, 1.807) is 7.11 Å². The molecule has 0 radical (unpaired) electrons. The van der Waals surface area contributed by atoms with Gasteiger partial charge < -0.3 is 4.74 Å². The highest BCUT2D eigenvalue weighted by molar-refractivity contribution is 5.71. The predicted octanol–water partition coefficient (Wildman–Crippen LogP) is 7.52. The van der Waals surface area contributed by atoms with Gasteiger partial charge in [0.2, 0.25) is 0 Å². The summed E-state index contributed by atoms with van der Waals surface area (Å²) in [6.07, 6.45) is 13.3. The van der Waals surface area contributed by atoms with Gasteiger partial charge in [0.15, 0.2) is 0 Å². The van der Waals surface area contributed by atoms with Gasteiger partial charge in [0.25, 0.3) is 0 Å². The van der Waals surface area contributed by atoms with Crippen molar-refractivity contribution in [1.29, 1.82) is 0 Å². The zero-order valence-corrected chi connectivity index (χ0v) is 16.3. The minimum absolute atomic E-state index is 0.905. The Morgan fingerprint density at radius 2 is 1.50 bits per heavy atom. The first-order valence-corrected chi connectivity index (χ1v) is 10.2. The quantitative estimate of drug-likeness (QED) is 0.448. The summed E-state index contributed by atoms with van der Waals surface area (Å²) in [6.45, 7) is 2.29. The summed E-state index contributed by atoms with van der Waals surface area (Å²) in [6, 6.07) is 17.3. The third kappa shape index (κ3) is 5.00. The Labute approximate surface area is 159 Å². The molecular weight excluding hydrogens is 316 g/mol. The monoisotopic (exact) mass is 348 g/mol. The lowest BCUT2D eigenvalue weighted by atomic mass is 9.83. The molecular formula is C25H32O. The molecule has 2 aromatic carbocycles. The van der Waals surface area contributed by atoms with Gasteiger partial charge in [-0.15, -0.1) is 0 Å². The van der Waals surface area contributed by atoms with E-state index in [-0.39, 0.29) is 0 Å². The van der Waals surface area contributed by atoms with Crippen LogP contribution < -0.4 is 4.74 Å². The Balaban J connectivity index is 1.57. The zero-order valence-electron chi connectivity index (χ0n) is 16.3. The molecule has 3 rings (SSSR count). The van der Waals surface area contributed by atoms with Gasteiger partial charge >= 0.3 is 0 Å². The second kappa shape index (κ2) is 9.62. The second-order valence-corrected chi connectivity index (χ2v) is 7.52. The van der Waals surface area contributed by atoms with E-state index < -0.39 is 0 Å². The van der Waals surface area contributed by atoms with Crippen LogP contribution in [0.2, 0.25) is 0 Å². The number of hydrogen-bond acceptors (Lipinski definition) is 1. The van der Waals surface area contributed by atoms with Crippen molar-refractivity contribution < 1.29 is 4.74 Å². The molecule has 1 unspecified atom stereocenters. The van der Waals surface area contributed by atoms with Gasteiger partial charge in [-0.05, 0) is 59.6 Å². The van der Waals surface area contributed by atoms with Crippen LogP contribution in [-0.4, -0.2) is 7.11 Å². The highest BCUT2D eigenvalue weighted by Crippen LogP contribution is 2.33. The maximum absolute atomic E-state index is 5.24. The summed E-state index contributed by atoms with van der Waals surface area (Å²) in [5.74, 6) is 1.82. The van der Waals surface area contributed by atoms with E-state index in [4.69, 9.17) is 4.74 Å². The zero-order chi connectivity index (χ0) is 18.2. The van der Waals surface area contributed by atoms with Crippen LogP contribution in [0.3, 0.4) is 0 Å². The number of rotatable bonds is 8. The maximum Gasteiger partial charge on any atom is 0.118 e. The first-order chi connectivity index (χ1) is 12.8. The van der Waals surface area contributed by atoms with E-state index >= 15 is 0 Å². The first kappa shape index (κ1) is 18.8. The molecule has 138 valence electrons. The number of allylic oxidation sites excluding steroid dienone is 2. The van der Waals surface area contributed by atoms with Gasteiger partial charge in [-0.1, -0.05) is 81.5 Å². The topological polar surface area (TPSA) is 9.23 Å². The molecule has 0 spiro atoms. The highest BCUT2D eigenvalue weighted by Gasteiger charge is 2.15. The van der Waals surface area contributed by atoms with Gasteiger partial charge in [-0.2, -0.15) is 0 Å². The lowest BCUT2D eigenvalue weighted by Gasteiger charge is -2.22. The van der Waals surface area contributed by atoms with Gasteiger partial charge in [0, 0.05) is 0 Å². The summed E-state index contributed by atoms with van der Waals surface area (Å²) >= 11 is 0. The Bertz CT molecular complexity index is 694. The molecule has 0 saturated carbocycles. The first-order valence-electron chi connectivity index (χ1n) is 10.2. The predicted molar refractivity (Wildman–Crippen MR) is 113 cm³/mol. The molecule has 1 aliphatic carbocycles. The van der Waals surface area contributed by atoms with Crippen LogP contribution >= 0.6 is 0 Å². The highest BCUT2D eigenvalue weighted by atomic mass is 16.5. The van der Waals surface area contributed by atoms with Gasteiger partial charge in [0.05, 0.1) is 7.11 Å². The van der Waals surface area contributed by atoms with E-state index in [0.29, 0.717) is 0 Å². The van der Waals surface area contributed by atoms with Crippen LogP contribution in [0.25, 0.3) is 16.7 Å². The molecule has 0 bridgehead atoms. The number of benzene rings is 2. The number of methoxy groups -OCH3 is 1. The largest absolute Gasteiger partial charge is 0.497 e. The molecule has 1 heteroatoms. The minimum atomic E-state index is 0.905. The van der Waals surface area contributed by atoms with Crippen molar-refractivity contribution in [2.45, 2.75) is 58.3 Å². The lowest BCUT2D eigenvalue weighted by molar-refractivity contribution is 0.415. The Morgan fingerprint density at radius 1 is 0.846 bits per heavy atom. The molecule has 0 amide bonds. The van der Waals surface area contributed by atoms with Crippen LogP contribution in [0.5, 0.6) is 5.75 Å². The SMILES string of the molecule is CCCCCCC1CC=C(c2ccc(-c3ccc(OC)cc3)cc2)CC1. The Hall–Kier alpha value is -2.02. The van der Waals surface area contributed by atoms with Crippen molar-refractivity contribution in [3.05, 3.63) is 60.2 Å². The molecule has 0 saturated heterocycles. The second-order valence-electron chi connectivity index (χ2n) is 7.52. The fraction of sp³-hybridized carbons (Fsp3) is 0.440. The number of ether oxygens (including phenoxy) is 1.